The van der Waals surface area contributed by atoms with E-state index in [1.165, 1.54) is 13.2 Å². The third-order valence-electron chi connectivity index (χ3n) is 2.23. The van der Waals surface area contributed by atoms with Crippen LogP contribution in [0.1, 0.15) is 17.3 Å². The molecule has 0 aliphatic rings. The third kappa shape index (κ3) is 2.02. The molecule has 1 atom stereocenters. The molecule has 0 spiro atoms. The van der Waals surface area contributed by atoms with Crippen LogP contribution in [-0.4, -0.2) is 15.9 Å². The molecule has 0 amide bonds. The largest absolute Gasteiger partial charge is 0.494 e. The van der Waals surface area contributed by atoms with Crippen molar-refractivity contribution in [2.24, 2.45) is 5.73 Å². The number of nitrogens with two attached hydrogens (primary N) is 1. The Bertz CT molecular complexity index is 475. The number of aromatic nitrogens is 2. The summed E-state index contributed by atoms with van der Waals surface area (Å²) < 4.78 is 26.1. The Morgan fingerprint density at radius 1 is 1.50 bits per heavy atom. The van der Waals surface area contributed by atoms with E-state index in [-0.39, 0.29) is 5.75 Å². The van der Waals surface area contributed by atoms with E-state index in [1.807, 2.05) is 0 Å². The van der Waals surface area contributed by atoms with E-state index >= 15 is 0 Å². The number of benzene rings is 1. The Kier molecular flexibility index (Phi) is 3.12. The van der Waals surface area contributed by atoms with Gasteiger partial charge in [-0.25, -0.2) is 4.39 Å². The molecule has 0 aliphatic heterocycles. The second-order valence-electron chi connectivity index (χ2n) is 3.20. The molecule has 0 aliphatic carbocycles. The fourth-order valence-electron chi connectivity index (χ4n) is 1.36. The maximum absolute atomic E-state index is 13.4. The lowest BCUT2D eigenvalue weighted by Crippen LogP contribution is -2.12. The molecule has 0 bridgehead atoms. The number of methoxy groups -OCH3 is 1. The summed E-state index contributed by atoms with van der Waals surface area (Å²) >= 11 is 1.08. The first-order chi connectivity index (χ1) is 7.72. The van der Waals surface area contributed by atoms with Gasteiger partial charge in [0.2, 0.25) is 0 Å². The first-order valence-corrected chi connectivity index (χ1v) is 5.32. The van der Waals surface area contributed by atoms with E-state index in [0.717, 1.165) is 11.7 Å². The van der Waals surface area contributed by atoms with Crippen molar-refractivity contribution in [3.8, 4) is 5.75 Å². The molecule has 0 saturated carbocycles. The SMILES string of the molecule is COc1ccc(C(N)c2cnsn2)cc1F. The highest BCUT2D eigenvalue weighted by molar-refractivity contribution is 6.99. The average molecular weight is 239 g/mol. The normalized spacial score (nSPS) is 12.4. The molecular formula is C10H10FN3OS. The lowest BCUT2D eigenvalue weighted by Gasteiger charge is -2.10. The minimum Gasteiger partial charge on any atom is -0.494 e. The predicted octanol–water partition coefficient (Wildman–Crippen LogP) is 1.73. The van der Waals surface area contributed by atoms with Gasteiger partial charge in [-0.05, 0) is 17.7 Å². The van der Waals surface area contributed by atoms with Crippen molar-refractivity contribution in [2.75, 3.05) is 7.11 Å². The van der Waals surface area contributed by atoms with E-state index < -0.39 is 11.9 Å². The van der Waals surface area contributed by atoms with E-state index in [4.69, 9.17) is 10.5 Å². The van der Waals surface area contributed by atoms with Gasteiger partial charge in [0.25, 0.3) is 0 Å². The topological polar surface area (TPSA) is 61.0 Å². The van der Waals surface area contributed by atoms with Crippen LogP contribution in [0.5, 0.6) is 5.75 Å². The van der Waals surface area contributed by atoms with Crippen molar-refractivity contribution >= 4 is 11.7 Å². The Morgan fingerprint density at radius 2 is 2.31 bits per heavy atom. The smallest absolute Gasteiger partial charge is 0.165 e. The molecule has 0 saturated heterocycles. The summed E-state index contributed by atoms with van der Waals surface area (Å²) in [5, 5.41) is 0. The van der Waals surface area contributed by atoms with Gasteiger partial charge < -0.3 is 10.5 Å². The fourth-order valence-corrected chi connectivity index (χ4v) is 1.81. The van der Waals surface area contributed by atoms with Crippen LogP contribution in [0.15, 0.2) is 24.4 Å². The number of nitrogens with zero attached hydrogens (tertiary/aromatic N) is 2. The van der Waals surface area contributed by atoms with Crippen LogP contribution < -0.4 is 10.5 Å². The van der Waals surface area contributed by atoms with Crippen LogP contribution in [0.25, 0.3) is 0 Å². The summed E-state index contributed by atoms with van der Waals surface area (Å²) in [6.07, 6.45) is 1.58. The lowest BCUT2D eigenvalue weighted by atomic mass is 10.1. The number of halogens is 1. The van der Waals surface area contributed by atoms with Gasteiger partial charge >= 0.3 is 0 Å². The maximum Gasteiger partial charge on any atom is 0.165 e. The van der Waals surface area contributed by atoms with Crippen molar-refractivity contribution in [1.29, 1.82) is 0 Å². The maximum atomic E-state index is 13.4. The van der Waals surface area contributed by atoms with Crippen LogP contribution in [0.4, 0.5) is 4.39 Å². The standard InChI is InChI=1S/C10H10FN3OS/c1-15-9-3-2-6(4-7(9)11)10(12)8-5-13-16-14-8/h2-5,10H,12H2,1H3. The van der Waals surface area contributed by atoms with Crippen molar-refractivity contribution in [1.82, 2.24) is 8.75 Å². The zero-order valence-electron chi connectivity index (χ0n) is 8.55. The van der Waals surface area contributed by atoms with Crippen molar-refractivity contribution in [3.05, 3.63) is 41.5 Å². The molecule has 2 rings (SSSR count). The van der Waals surface area contributed by atoms with E-state index in [0.29, 0.717) is 11.3 Å². The van der Waals surface area contributed by atoms with Crippen LogP contribution in [0.3, 0.4) is 0 Å². The zero-order valence-corrected chi connectivity index (χ0v) is 9.37. The Morgan fingerprint density at radius 3 is 2.88 bits per heavy atom. The van der Waals surface area contributed by atoms with E-state index in [2.05, 4.69) is 8.75 Å². The van der Waals surface area contributed by atoms with E-state index in [9.17, 15) is 4.39 Å². The predicted molar refractivity (Wildman–Crippen MR) is 58.9 cm³/mol. The molecule has 16 heavy (non-hydrogen) atoms. The lowest BCUT2D eigenvalue weighted by molar-refractivity contribution is 0.386. The summed E-state index contributed by atoms with van der Waals surface area (Å²) in [5.41, 5.74) is 7.20. The van der Waals surface area contributed by atoms with Gasteiger partial charge in [0.05, 0.1) is 36.8 Å². The number of ether oxygens (including phenoxy) is 1. The summed E-state index contributed by atoms with van der Waals surface area (Å²) in [5.74, 6) is -0.231. The second kappa shape index (κ2) is 4.54. The van der Waals surface area contributed by atoms with Gasteiger partial charge in [-0.2, -0.15) is 8.75 Å². The average Bonchev–Trinajstić information content (AvgIpc) is 2.81. The van der Waals surface area contributed by atoms with Crippen LogP contribution >= 0.6 is 11.7 Å². The van der Waals surface area contributed by atoms with Crippen LogP contribution in [0, 0.1) is 5.82 Å². The molecule has 0 radical (unpaired) electrons. The highest BCUT2D eigenvalue weighted by Gasteiger charge is 2.13. The molecule has 6 heteroatoms. The van der Waals surface area contributed by atoms with Crippen molar-refractivity contribution in [2.45, 2.75) is 6.04 Å². The van der Waals surface area contributed by atoms with Crippen molar-refractivity contribution in [3.63, 3.8) is 0 Å². The monoisotopic (exact) mass is 239 g/mol. The number of hydrogen-bond donors (Lipinski definition) is 1. The number of hydrogen-bond acceptors (Lipinski definition) is 5. The van der Waals surface area contributed by atoms with Crippen LogP contribution in [-0.2, 0) is 0 Å². The molecule has 1 unspecified atom stereocenters. The Balaban J connectivity index is 2.31. The first-order valence-electron chi connectivity index (χ1n) is 4.59. The zero-order chi connectivity index (χ0) is 11.5. The van der Waals surface area contributed by atoms with Crippen LogP contribution in [0.2, 0.25) is 0 Å². The number of rotatable bonds is 3. The van der Waals surface area contributed by atoms with E-state index in [1.54, 1.807) is 18.3 Å². The quantitative estimate of drug-likeness (QED) is 0.886. The second-order valence-corrected chi connectivity index (χ2v) is 3.76. The first kappa shape index (κ1) is 11.0. The Labute approximate surface area is 96.2 Å². The molecule has 1 aromatic heterocycles. The summed E-state index contributed by atoms with van der Waals surface area (Å²) in [6.45, 7) is 0. The minimum absolute atomic E-state index is 0.201. The molecule has 2 aromatic rings. The molecule has 84 valence electrons. The van der Waals surface area contributed by atoms with Gasteiger partial charge in [0, 0.05) is 0 Å². The molecule has 0 fully saturated rings. The summed E-state index contributed by atoms with van der Waals surface area (Å²) in [7, 11) is 1.42. The molecule has 2 N–H and O–H groups in total. The van der Waals surface area contributed by atoms with Gasteiger partial charge in [-0.15, -0.1) is 0 Å². The molecule has 1 aromatic carbocycles. The molecule has 4 nitrogen and oxygen atoms in total. The summed E-state index contributed by atoms with van der Waals surface area (Å²) in [4.78, 5) is 0. The van der Waals surface area contributed by atoms with Gasteiger partial charge in [-0.1, -0.05) is 6.07 Å². The summed E-state index contributed by atoms with van der Waals surface area (Å²) in [6, 6.07) is 4.15. The van der Waals surface area contributed by atoms with Gasteiger partial charge in [0.15, 0.2) is 11.6 Å². The highest BCUT2D eigenvalue weighted by Crippen LogP contribution is 2.23. The van der Waals surface area contributed by atoms with Crippen molar-refractivity contribution < 1.29 is 9.13 Å². The van der Waals surface area contributed by atoms with Gasteiger partial charge in [0.1, 0.15) is 0 Å². The van der Waals surface area contributed by atoms with Gasteiger partial charge in [-0.3, -0.25) is 0 Å². The third-order valence-corrected chi connectivity index (χ3v) is 2.72. The highest BCUT2D eigenvalue weighted by atomic mass is 32.1. The molecular weight excluding hydrogens is 229 g/mol. The Hall–Kier alpha value is -1.53. The minimum atomic E-state index is -0.459. The fraction of sp³-hybridized carbons (Fsp3) is 0.200. The molecule has 1 heterocycles.